The minimum absolute atomic E-state index is 0.0353. The lowest BCUT2D eigenvalue weighted by atomic mass is 9.80. The first-order valence-corrected chi connectivity index (χ1v) is 11.8. The Labute approximate surface area is 197 Å². The first kappa shape index (κ1) is 18.8. The number of halogens is 2. The van der Waals surface area contributed by atoms with Gasteiger partial charge in [0, 0.05) is 40.1 Å². The van der Waals surface area contributed by atoms with Crippen LogP contribution < -0.4 is 0 Å². The van der Waals surface area contributed by atoms with Crippen molar-refractivity contribution < 1.29 is 14.6 Å². The van der Waals surface area contributed by atoms with Crippen molar-refractivity contribution in [1.82, 2.24) is 0 Å². The van der Waals surface area contributed by atoms with Gasteiger partial charge in [0.1, 0.15) is 11.2 Å². The smallest absolute Gasteiger partial charge is 0.248 e. The summed E-state index contributed by atoms with van der Waals surface area (Å²) in [5, 5.41) is 4.10. The molecule has 1 aromatic heterocycles. The molecule has 2 nitrogen and oxygen atoms in total. The fraction of sp³-hybridized carbons (Fsp3) is 0.233. The predicted octanol–water partition coefficient (Wildman–Crippen LogP) is 8.82. The van der Waals surface area contributed by atoms with Crippen LogP contribution in [0, 0.1) is 6.92 Å². The Morgan fingerprint density at radius 3 is 2.59 bits per heavy atom. The van der Waals surface area contributed by atoms with E-state index in [1.165, 1.54) is 0 Å². The van der Waals surface area contributed by atoms with Gasteiger partial charge in [0.15, 0.2) is 0 Å². The monoisotopic (exact) mass is 452 g/mol. The Balaban J connectivity index is 1.44. The third-order valence-corrected chi connectivity index (χ3v) is 7.49. The van der Waals surface area contributed by atoms with Crippen molar-refractivity contribution in [1.29, 1.82) is 0 Å². The summed E-state index contributed by atoms with van der Waals surface area (Å²) < 4.78 is 42.8. The van der Waals surface area contributed by atoms with Crippen LogP contribution in [0.5, 0.6) is 0 Å². The lowest BCUT2D eigenvalue weighted by Crippen LogP contribution is -2.23. The van der Waals surface area contributed by atoms with Crippen LogP contribution in [0.1, 0.15) is 55.2 Å². The molecule has 0 saturated heterocycles. The van der Waals surface area contributed by atoms with Gasteiger partial charge in [-0.15, -0.1) is 0 Å². The molecule has 4 heteroatoms. The molecule has 0 N–H and O–H groups in total. The molecule has 0 bridgehead atoms. The van der Waals surface area contributed by atoms with Crippen molar-refractivity contribution in [3.05, 3.63) is 89.0 Å². The molecule has 1 aliphatic heterocycles. The highest BCUT2D eigenvalue weighted by molar-refractivity contribution is 6.30. The Hall–Kier alpha value is -3.53. The van der Waals surface area contributed by atoms with Gasteiger partial charge in [-0.1, -0.05) is 42.5 Å². The topological polar surface area (TPSA) is 25.5 Å². The Bertz CT molecular complexity index is 1710. The highest BCUT2D eigenvalue weighted by Crippen LogP contribution is 2.47. The van der Waals surface area contributed by atoms with Crippen LogP contribution in [-0.2, 0) is 0 Å². The number of rotatable bonds is 2. The van der Waals surface area contributed by atoms with Crippen molar-refractivity contribution in [2.75, 3.05) is 0 Å². The molecule has 34 heavy (non-hydrogen) atoms. The molecule has 0 amide bonds. The van der Waals surface area contributed by atoms with Gasteiger partial charge in [0.2, 0.25) is 5.92 Å². The number of nitrogens with zero attached hydrogens (tertiary/aromatic N) is 1. The van der Waals surface area contributed by atoms with Crippen molar-refractivity contribution in [2.24, 2.45) is 4.99 Å². The average molecular weight is 453 g/mol. The quantitative estimate of drug-likeness (QED) is 0.258. The van der Waals surface area contributed by atoms with Gasteiger partial charge in [-0.2, -0.15) is 0 Å². The number of alkyl halides is 2. The first-order valence-electron chi connectivity index (χ1n) is 12.3. The second-order valence-corrected chi connectivity index (χ2v) is 9.70. The Kier molecular flexibility index (Phi) is 3.87. The van der Waals surface area contributed by atoms with E-state index in [0.29, 0.717) is 24.6 Å². The number of hydrogen-bond donors (Lipinski definition) is 0. The molecule has 1 fully saturated rings. The molecule has 5 aromatic rings. The molecule has 1 saturated carbocycles. The van der Waals surface area contributed by atoms with Gasteiger partial charge in [-0.25, -0.2) is 13.8 Å². The molecule has 0 radical (unpaired) electrons. The van der Waals surface area contributed by atoms with Crippen molar-refractivity contribution in [2.45, 2.75) is 44.4 Å². The minimum Gasteiger partial charge on any atom is -0.455 e. The SMILES string of the molecule is [2H]c1cc(C2CCC(F)(F)CC2)c2cccc3c2c1N=C3c1cc(C)cc2c1oc1ccccc12. The Morgan fingerprint density at radius 1 is 0.941 bits per heavy atom. The maximum Gasteiger partial charge on any atom is 0.248 e. The van der Waals surface area contributed by atoms with E-state index in [9.17, 15) is 8.78 Å². The van der Waals surface area contributed by atoms with Crippen LogP contribution in [0.2, 0.25) is 0 Å². The average Bonchev–Trinajstić information content (AvgIpc) is 3.41. The Morgan fingerprint density at radius 2 is 1.74 bits per heavy atom. The number of furan rings is 1. The number of aliphatic imine (C=N–C) groups is 1. The molecule has 1 aliphatic carbocycles. The second-order valence-electron chi connectivity index (χ2n) is 9.70. The first-order chi connectivity index (χ1) is 16.9. The van der Waals surface area contributed by atoms with Crippen LogP contribution in [0.25, 0.3) is 32.7 Å². The molecule has 4 aromatic carbocycles. The van der Waals surface area contributed by atoms with Crippen LogP contribution in [0.3, 0.4) is 0 Å². The minimum atomic E-state index is -2.57. The van der Waals surface area contributed by atoms with Crippen LogP contribution in [0.4, 0.5) is 14.5 Å². The summed E-state index contributed by atoms with van der Waals surface area (Å²) in [5.41, 5.74) is 7.09. The lowest BCUT2D eigenvalue weighted by Gasteiger charge is -2.29. The summed E-state index contributed by atoms with van der Waals surface area (Å²) in [7, 11) is 0. The number of para-hydroxylation sites is 1. The number of benzene rings is 4. The summed E-state index contributed by atoms with van der Waals surface area (Å²) in [4.78, 5) is 4.99. The van der Waals surface area contributed by atoms with E-state index in [1.54, 1.807) is 0 Å². The zero-order valence-corrected chi connectivity index (χ0v) is 18.8. The van der Waals surface area contributed by atoms with Gasteiger partial charge in [-0.05, 0) is 66.4 Å². The van der Waals surface area contributed by atoms with E-state index < -0.39 is 5.92 Å². The van der Waals surface area contributed by atoms with E-state index in [-0.39, 0.29) is 18.8 Å². The third-order valence-electron chi connectivity index (χ3n) is 7.49. The predicted molar refractivity (Wildman–Crippen MR) is 134 cm³/mol. The summed E-state index contributed by atoms with van der Waals surface area (Å²) in [6.07, 6.45) is 0.693. The van der Waals surface area contributed by atoms with E-state index >= 15 is 0 Å². The van der Waals surface area contributed by atoms with Gasteiger partial charge in [0.25, 0.3) is 0 Å². The fourth-order valence-electron chi connectivity index (χ4n) is 5.84. The molecule has 7 rings (SSSR count). The van der Waals surface area contributed by atoms with Crippen LogP contribution in [-0.4, -0.2) is 11.6 Å². The molecule has 0 unspecified atom stereocenters. The summed E-state index contributed by atoms with van der Waals surface area (Å²) >= 11 is 0. The molecule has 0 spiro atoms. The van der Waals surface area contributed by atoms with Gasteiger partial charge < -0.3 is 4.42 Å². The van der Waals surface area contributed by atoms with Gasteiger partial charge in [-0.3, -0.25) is 0 Å². The second kappa shape index (κ2) is 6.99. The van der Waals surface area contributed by atoms with E-state index in [1.807, 2.05) is 36.4 Å². The van der Waals surface area contributed by atoms with Crippen molar-refractivity contribution >= 4 is 44.1 Å². The van der Waals surface area contributed by atoms with Gasteiger partial charge >= 0.3 is 0 Å². The lowest BCUT2D eigenvalue weighted by molar-refractivity contribution is -0.0381. The summed E-state index contributed by atoms with van der Waals surface area (Å²) in [6.45, 7) is 2.07. The molecule has 2 aliphatic rings. The molecular weight excluding hydrogens is 428 g/mol. The highest BCUT2D eigenvalue weighted by atomic mass is 19.3. The zero-order valence-electron chi connectivity index (χ0n) is 19.8. The zero-order chi connectivity index (χ0) is 23.9. The van der Waals surface area contributed by atoms with Crippen LogP contribution >= 0.6 is 0 Å². The van der Waals surface area contributed by atoms with Gasteiger partial charge in [0.05, 0.1) is 12.8 Å². The third kappa shape index (κ3) is 2.87. The van der Waals surface area contributed by atoms with E-state index in [2.05, 4.69) is 31.2 Å². The largest absolute Gasteiger partial charge is 0.455 e. The van der Waals surface area contributed by atoms with Crippen molar-refractivity contribution in [3.63, 3.8) is 0 Å². The maximum absolute atomic E-state index is 13.8. The molecule has 168 valence electrons. The summed E-state index contributed by atoms with van der Waals surface area (Å²) in [5.74, 6) is -2.54. The van der Waals surface area contributed by atoms with Crippen molar-refractivity contribution in [3.8, 4) is 0 Å². The highest BCUT2D eigenvalue weighted by Gasteiger charge is 2.36. The molecule has 2 heterocycles. The normalized spacial score (nSPS) is 18.1. The fourth-order valence-corrected chi connectivity index (χ4v) is 5.84. The number of fused-ring (bicyclic) bond motifs is 3. The standard InChI is InChI=1S/C30H23F2NO/c1-17-15-23-20-5-2-3-8-26(20)34-29(23)24(16-17)28-22-7-4-6-21-19(9-10-25(33-28)27(21)22)18-11-13-30(31,32)14-12-18/h2-10,15-16,18H,11-14H2,1H3/i10D. The summed E-state index contributed by atoms with van der Waals surface area (Å²) in [6, 6.07) is 20.6. The maximum atomic E-state index is 13.8. The van der Waals surface area contributed by atoms with E-state index in [0.717, 1.165) is 60.7 Å². The van der Waals surface area contributed by atoms with E-state index in [4.69, 9.17) is 10.8 Å². The number of hydrogen-bond acceptors (Lipinski definition) is 2. The molecule has 0 atom stereocenters. The van der Waals surface area contributed by atoms with Crippen LogP contribution in [0.15, 0.2) is 76.1 Å². The molecular formula is C30H23F2NO. The number of aryl methyl sites for hydroxylation is 1.